The fourth-order valence-corrected chi connectivity index (χ4v) is 2.72. The summed E-state index contributed by atoms with van der Waals surface area (Å²) in [5, 5.41) is 3.67. The van der Waals surface area contributed by atoms with E-state index >= 15 is 0 Å². The summed E-state index contributed by atoms with van der Waals surface area (Å²) in [6.07, 6.45) is 1.16. The molecule has 2 rings (SSSR count). The number of hydrogen-bond acceptors (Lipinski definition) is 3. The van der Waals surface area contributed by atoms with Crippen LogP contribution in [0.15, 0.2) is 24.3 Å². The van der Waals surface area contributed by atoms with E-state index in [-0.39, 0.29) is 11.6 Å². The van der Waals surface area contributed by atoms with Gasteiger partial charge in [0.15, 0.2) is 0 Å². The molecule has 3 nitrogen and oxygen atoms in total. The van der Waals surface area contributed by atoms with Crippen LogP contribution in [0.5, 0.6) is 5.75 Å². The first-order valence-corrected chi connectivity index (χ1v) is 7.63. The Hall–Kier alpha value is -1.06. The Morgan fingerprint density at radius 1 is 1.30 bits per heavy atom. The molecule has 0 amide bonds. The molecule has 1 unspecified atom stereocenters. The highest BCUT2D eigenvalue weighted by Crippen LogP contribution is 2.42. The van der Waals surface area contributed by atoms with Gasteiger partial charge in [0.25, 0.3) is 0 Å². The molecular formula is C17H28N2O. The summed E-state index contributed by atoms with van der Waals surface area (Å²) in [5.74, 6) is 1.02. The second-order valence-electron chi connectivity index (χ2n) is 6.56. The normalized spacial score (nSPS) is 20.2. The minimum absolute atomic E-state index is 0.173. The Kier molecular flexibility index (Phi) is 4.71. The summed E-state index contributed by atoms with van der Waals surface area (Å²) in [4.78, 5) is 2.38. The fourth-order valence-electron chi connectivity index (χ4n) is 2.72. The van der Waals surface area contributed by atoms with E-state index in [0.717, 1.165) is 25.3 Å². The summed E-state index contributed by atoms with van der Waals surface area (Å²) in [7, 11) is 2.18. The van der Waals surface area contributed by atoms with E-state index in [4.69, 9.17) is 4.74 Å². The Morgan fingerprint density at radius 2 is 2.00 bits per heavy atom. The molecule has 0 saturated carbocycles. The summed E-state index contributed by atoms with van der Waals surface area (Å²) in [6.45, 7) is 10.9. The van der Waals surface area contributed by atoms with Crippen LogP contribution in [0.25, 0.3) is 0 Å². The smallest absolute Gasteiger partial charge is 0.125 e. The molecule has 20 heavy (non-hydrogen) atoms. The van der Waals surface area contributed by atoms with Gasteiger partial charge in [0.1, 0.15) is 11.4 Å². The number of nitrogens with one attached hydrogen (secondary N) is 1. The van der Waals surface area contributed by atoms with E-state index in [2.05, 4.69) is 63.2 Å². The topological polar surface area (TPSA) is 24.5 Å². The molecule has 1 aliphatic heterocycles. The molecule has 1 N–H and O–H groups in total. The van der Waals surface area contributed by atoms with Crippen molar-refractivity contribution >= 4 is 0 Å². The SMILES string of the molecule is CC(C)N(C)CCCNC1c2ccccc2OC1(C)C. The second-order valence-corrected chi connectivity index (χ2v) is 6.56. The van der Waals surface area contributed by atoms with Gasteiger partial charge in [-0.3, -0.25) is 0 Å². The molecule has 0 aliphatic carbocycles. The Morgan fingerprint density at radius 3 is 2.70 bits per heavy atom. The van der Waals surface area contributed by atoms with Crippen LogP contribution in [-0.2, 0) is 0 Å². The zero-order valence-corrected chi connectivity index (χ0v) is 13.4. The number of fused-ring (bicyclic) bond motifs is 1. The number of hydrogen-bond donors (Lipinski definition) is 1. The first-order chi connectivity index (χ1) is 9.42. The summed E-state index contributed by atoms with van der Waals surface area (Å²) in [5.41, 5.74) is 1.11. The predicted molar refractivity (Wildman–Crippen MR) is 84.3 cm³/mol. The average Bonchev–Trinajstić information content (AvgIpc) is 2.64. The van der Waals surface area contributed by atoms with Crippen LogP contribution < -0.4 is 10.1 Å². The van der Waals surface area contributed by atoms with Crippen LogP contribution in [-0.4, -0.2) is 36.7 Å². The van der Waals surface area contributed by atoms with Gasteiger partial charge in [0.2, 0.25) is 0 Å². The van der Waals surface area contributed by atoms with Crippen molar-refractivity contribution in [2.24, 2.45) is 0 Å². The molecule has 1 heterocycles. The van der Waals surface area contributed by atoms with Gasteiger partial charge < -0.3 is 15.0 Å². The first-order valence-electron chi connectivity index (χ1n) is 7.63. The Bertz CT molecular complexity index is 442. The molecule has 1 aromatic rings. The van der Waals surface area contributed by atoms with Crippen molar-refractivity contribution in [1.29, 1.82) is 0 Å². The molecule has 0 radical (unpaired) electrons. The van der Waals surface area contributed by atoms with Gasteiger partial charge in [-0.2, -0.15) is 0 Å². The van der Waals surface area contributed by atoms with Crippen LogP contribution in [0.3, 0.4) is 0 Å². The number of benzene rings is 1. The van der Waals surface area contributed by atoms with Gasteiger partial charge in [0.05, 0.1) is 6.04 Å². The molecular weight excluding hydrogens is 248 g/mol. The van der Waals surface area contributed by atoms with Gasteiger partial charge in [0, 0.05) is 11.6 Å². The first kappa shape index (κ1) is 15.3. The lowest BCUT2D eigenvalue weighted by Crippen LogP contribution is -2.40. The largest absolute Gasteiger partial charge is 0.486 e. The Labute approximate surface area is 123 Å². The van der Waals surface area contributed by atoms with Crippen molar-refractivity contribution < 1.29 is 4.74 Å². The van der Waals surface area contributed by atoms with Crippen LogP contribution in [0.1, 0.15) is 45.7 Å². The molecule has 0 spiro atoms. The highest BCUT2D eigenvalue weighted by atomic mass is 16.5. The molecule has 1 aromatic carbocycles. The van der Waals surface area contributed by atoms with Gasteiger partial charge in [-0.15, -0.1) is 0 Å². The van der Waals surface area contributed by atoms with Gasteiger partial charge in [-0.1, -0.05) is 18.2 Å². The highest BCUT2D eigenvalue weighted by molar-refractivity contribution is 5.42. The monoisotopic (exact) mass is 276 g/mol. The van der Waals surface area contributed by atoms with E-state index in [1.54, 1.807) is 0 Å². The van der Waals surface area contributed by atoms with Gasteiger partial charge >= 0.3 is 0 Å². The number of nitrogens with zero attached hydrogens (tertiary/aromatic N) is 1. The van der Waals surface area contributed by atoms with E-state index in [0.29, 0.717) is 6.04 Å². The highest BCUT2D eigenvalue weighted by Gasteiger charge is 2.40. The molecule has 0 aromatic heterocycles. The molecule has 1 atom stereocenters. The maximum absolute atomic E-state index is 6.05. The van der Waals surface area contributed by atoms with E-state index in [9.17, 15) is 0 Å². The van der Waals surface area contributed by atoms with Crippen LogP contribution in [0.4, 0.5) is 0 Å². The molecule has 1 aliphatic rings. The maximum atomic E-state index is 6.05. The predicted octanol–water partition coefficient (Wildman–Crippen LogP) is 3.22. The summed E-state index contributed by atoms with van der Waals surface area (Å²) >= 11 is 0. The molecule has 3 heteroatoms. The number of rotatable bonds is 6. The van der Waals surface area contributed by atoms with Crippen molar-refractivity contribution in [3.8, 4) is 5.75 Å². The molecule has 112 valence electrons. The third kappa shape index (κ3) is 3.33. The van der Waals surface area contributed by atoms with E-state index < -0.39 is 0 Å². The third-order valence-corrected chi connectivity index (χ3v) is 4.22. The molecule has 0 bridgehead atoms. The van der Waals surface area contributed by atoms with Gasteiger partial charge in [-0.25, -0.2) is 0 Å². The minimum Gasteiger partial charge on any atom is -0.486 e. The lowest BCUT2D eigenvalue weighted by atomic mass is 9.94. The Balaban J connectivity index is 1.89. The third-order valence-electron chi connectivity index (χ3n) is 4.22. The number of para-hydroxylation sites is 1. The van der Waals surface area contributed by atoms with Crippen LogP contribution in [0.2, 0.25) is 0 Å². The number of ether oxygens (including phenoxy) is 1. The zero-order chi connectivity index (χ0) is 14.8. The van der Waals surface area contributed by atoms with Gasteiger partial charge in [-0.05, 0) is 60.3 Å². The van der Waals surface area contributed by atoms with Crippen molar-refractivity contribution in [1.82, 2.24) is 10.2 Å². The quantitative estimate of drug-likeness (QED) is 0.807. The second kappa shape index (κ2) is 6.15. The minimum atomic E-state index is -0.173. The lowest BCUT2D eigenvalue weighted by Gasteiger charge is -2.28. The van der Waals surface area contributed by atoms with Crippen molar-refractivity contribution in [3.05, 3.63) is 29.8 Å². The molecule has 0 fully saturated rings. The van der Waals surface area contributed by atoms with Crippen molar-refractivity contribution in [2.75, 3.05) is 20.1 Å². The van der Waals surface area contributed by atoms with E-state index in [1.165, 1.54) is 5.56 Å². The summed E-state index contributed by atoms with van der Waals surface area (Å²) in [6, 6.07) is 9.25. The maximum Gasteiger partial charge on any atom is 0.125 e. The fraction of sp³-hybridized carbons (Fsp3) is 0.647. The molecule has 0 saturated heterocycles. The van der Waals surface area contributed by atoms with E-state index in [1.807, 2.05) is 6.07 Å². The van der Waals surface area contributed by atoms with Crippen molar-refractivity contribution in [2.45, 2.75) is 51.8 Å². The summed E-state index contributed by atoms with van der Waals surface area (Å²) < 4.78 is 6.05. The lowest BCUT2D eigenvalue weighted by molar-refractivity contribution is 0.0959. The van der Waals surface area contributed by atoms with Crippen LogP contribution in [0, 0.1) is 0 Å². The zero-order valence-electron chi connectivity index (χ0n) is 13.4. The average molecular weight is 276 g/mol. The van der Waals surface area contributed by atoms with Crippen molar-refractivity contribution in [3.63, 3.8) is 0 Å². The van der Waals surface area contributed by atoms with Crippen LogP contribution >= 0.6 is 0 Å². The standard InChI is InChI=1S/C17H28N2O/c1-13(2)19(5)12-8-11-18-16-14-9-6-7-10-15(14)20-17(16,3)4/h6-7,9-10,13,16,18H,8,11-12H2,1-5H3.